The van der Waals surface area contributed by atoms with Gasteiger partial charge in [0.2, 0.25) is 0 Å². The summed E-state index contributed by atoms with van der Waals surface area (Å²) in [5.41, 5.74) is 8.61. The van der Waals surface area contributed by atoms with E-state index in [0.717, 1.165) is 48.5 Å². The van der Waals surface area contributed by atoms with Crippen molar-refractivity contribution in [2.45, 2.75) is 110 Å². The molecule has 2 aliphatic rings. The molecule has 0 radical (unpaired) electrons. The molecular formula is C28H39N3O18. The van der Waals surface area contributed by atoms with Gasteiger partial charge in [-0.05, 0) is 5.53 Å². The SMILES string of the molecule is CC(=O)OCC1O[C@@H](OCCN=[N+]=[N-])C(OC(C)=O)C(OC(C)=O)[C@@H]1O[C@H]1OC(COC(C)=O)[C@H](OC(C)=O)C(OC(C)=O)C1OC(C)=O. The summed E-state index contributed by atoms with van der Waals surface area (Å²) < 4.78 is 61.2. The second-order valence-electron chi connectivity index (χ2n) is 10.5. The summed E-state index contributed by atoms with van der Waals surface area (Å²) in [5, 5.41) is 3.35. The van der Waals surface area contributed by atoms with Gasteiger partial charge in [0.1, 0.15) is 31.5 Å². The van der Waals surface area contributed by atoms with Gasteiger partial charge in [-0.1, -0.05) is 5.11 Å². The number of azide groups is 1. The average molecular weight is 706 g/mol. The molecule has 2 fully saturated rings. The van der Waals surface area contributed by atoms with Crippen LogP contribution in [0.5, 0.6) is 0 Å². The van der Waals surface area contributed by atoms with Gasteiger partial charge in [0.05, 0.1) is 6.61 Å². The zero-order valence-corrected chi connectivity index (χ0v) is 27.8. The second-order valence-corrected chi connectivity index (χ2v) is 10.5. The van der Waals surface area contributed by atoms with Crippen LogP contribution < -0.4 is 0 Å². The van der Waals surface area contributed by atoms with Gasteiger partial charge >= 0.3 is 41.8 Å². The minimum Gasteiger partial charge on any atom is -0.463 e. The number of rotatable bonds is 15. The van der Waals surface area contributed by atoms with E-state index in [1.54, 1.807) is 0 Å². The van der Waals surface area contributed by atoms with Crippen LogP contribution in [0, 0.1) is 0 Å². The Morgan fingerprint density at radius 3 is 1.39 bits per heavy atom. The molecule has 274 valence electrons. The predicted molar refractivity (Wildman–Crippen MR) is 153 cm³/mol. The van der Waals surface area contributed by atoms with Gasteiger partial charge < -0.3 is 52.1 Å². The zero-order valence-electron chi connectivity index (χ0n) is 27.8. The van der Waals surface area contributed by atoms with Gasteiger partial charge in [0.25, 0.3) is 0 Å². The predicted octanol–water partition coefficient (Wildman–Crippen LogP) is -0.0670. The van der Waals surface area contributed by atoms with Crippen LogP contribution in [0.25, 0.3) is 10.4 Å². The lowest BCUT2D eigenvalue weighted by atomic mass is 9.96. The lowest BCUT2D eigenvalue weighted by Crippen LogP contribution is -2.67. The second kappa shape index (κ2) is 19.4. The highest BCUT2D eigenvalue weighted by Gasteiger charge is 2.57. The Kier molecular flexibility index (Phi) is 16.1. The normalized spacial score (nSPS) is 29.2. The van der Waals surface area contributed by atoms with E-state index in [-0.39, 0.29) is 13.2 Å². The fraction of sp³-hybridized carbons (Fsp3) is 0.750. The van der Waals surface area contributed by atoms with Crippen LogP contribution in [0.3, 0.4) is 0 Å². The largest absolute Gasteiger partial charge is 0.463 e. The third-order valence-electron chi connectivity index (χ3n) is 6.42. The average Bonchev–Trinajstić information content (AvgIpc) is 2.97. The maximum Gasteiger partial charge on any atom is 0.303 e. The van der Waals surface area contributed by atoms with Crippen molar-refractivity contribution in [2.24, 2.45) is 5.11 Å². The highest BCUT2D eigenvalue weighted by Crippen LogP contribution is 2.35. The van der Waals surface area contributed by atoms with Gasteiger partial charge in [-0.25, -0.2) is 0 Å². The van der Waals surface area contributed by atoms with E-state index in [4.69, 9.17) is 57.6 Å². The lowest BCUT2D eigenvalue weighted by Gasteiger charge is -2.48. The van der Waals surface area contributed by atoms with Crippen LogP contribution in [0.1, 0.15) is 48.5 Å². The Labute approximate surface area is 279 Å². The first-order valence-corrected chi connectivity index (χ1v) is 14.8. The molecule has 10 atom stereocenters. The third-order valence-corrected chi connectivity index (χ3v) is 6.42. The molecule has 2 aliphatic heterocycles. The Morgan fingerprint density at radius 1 is 0.551 bits per heavy atom. The highest BCUT2D eigenvalue weighted by atomic mass is 16.8. The number of ether oxygens (including phenoxy) is 11. The van der Waals surface area contributed by atoms with E-state index < -0.39 is 116 Å². The summed E-state index contributed by atoms with van der Waals surface area (Å²) in [6.45, 7) is 5.74. The molecule has 0 amide bonds. The summed E-state index contributed by atoms with van der Waals surface area (Å²) >= 11 is 0. The molecule has 0 N–H and O–H groups in total. The minimum absolute atomic E-state index is 0.180. The van der Waals surface area contributed by atoms with Crippen LogP contribution in [0.4, 0.5) is 0 Å². The first-order chi connectivity index (χ1) is 23.0. The molecule has 6 unspecified atom stereocenters. The van der Waals surface area contributed by atoms with Crippen molar-refractivity contribution in [3.05, 3.63) is 10.4 Å². The van der Waals surface area contributed by atoms with Crippen molar-refractivity contribution in [3.63, 3.8) is 0 Å². The van der Waals surface area contributed by atoms with Crippen LogP contribution in [0.2, 0.25) is 0 Å². The molecule has 0 aliphatic carbocycles. The van der Waals surface area contributed by atoms with Crippen LogP contribution >= 0.6 is 0 Å². The standard InChI is InChI=1S/C28H39N3O18/c1-12(32)40-10-19-21(42-14(3)34)23(43-15(4)35)26(46-18(7)38)28(48-19)49-22-20(11-41-13(2)33)47-27(39-9-8-30-31-29)25(45-17(6)37)24(22)44-16(5)36/h19-28H,8-11H2,1-7H3/t19?,20?,21-,22+,23?,24?,25?,26?,27+,28+/m0/s1. The number of carbonyl (C=O) groups excluding carboxylic acids is 7. The monoisotopic (exact) mass is 705 g/mol. The van der Waals surface area contributed by atoms with Crippen LogP contribution in [0.15, 0.2) is 5.11 Å². The summed E-state index contributed by atoms with van der Waals surface area (Å²) in [7, 11) is 0. The van der Waals surface area contributed by atoms with Crippen molar-refractivity contribution in [1.29, 1.82) is 0 Å². The molecule has 21 nitrogen and oxygen atoms in total. The van der Waals surface area contributed by atoms with Gasteiger partial charge in [-0.2, -0.15) is 0 Å². The Balaban J connectivity index is 2.71. The molecular weight excluding hydrogens is 666 g/mol. The topological polar surface area (TPSA) is 270 Å². The molecule has 0 aromatic carbocycles. The fourth-order valence-corrected chi connectivity index (χ4v) is 4.86. The summed E-state index contributed by atoms with van der Waals surface area (Å²) in [5.74, 6) is -6.01. The first kappa shape index (κ1) is 40.6. The molecule has 2 saturated heterocycles. The number of carbonyl (C=O) groups is 7. The molecule has 0 aromatic rings. The molecule has 0 saturated carbocycles. The number of hydrogen-bond acceptors (Lipinski definition) is 19. The van der Waals surface area contributed by atoms with E-state index in [9.17, 15) is 33.6 Å². The highest BCUT2D eigenvalue weighted by molar-refractivity contribution is 5.69. The van der Waals surface area contributed by atoms with E-state index in [1.807, 2.05) is 0 Å². The molecule has 21 heteroatoms. The van der Waals surface area contributed by atoms with Crippen LogP contribution in [-0.4, -0.2) is 130 Å². The number of nitrogens with zero attached hydrogens (tertiary/aromatic N) is 3. The van der Waals surface area contributed by atoms with Gasteiger partial charge in [0, 0.05) is 59.9 Å². The van der Waals surface area contributed by atoms with Crippen molar-refractivity contribution in [1.82, 2.24) is 0 Å². The minimum atomic E-state index is -1.81. The molecule has 2 rings (SSSR count). The third kappa shape index (κ3) is 13.1. The smallest absolute Gasteiger partial charge is 0.303 e. The molecule has 0 bridgehead atoms. The van der Waals surface area contributed by atoms with E-state index in [0.29, 0.717) is 0 Å². The van der Waals surface area contributed by atoms with Gasteiger partial charge in [-0.3, -0.25) is 33.6 Å². The van der Waals surface area contributed by atoms with Crippen LogP contribution in [-0.2, 0) is 85.7 Å². The van der Waals surface area contributed by atoms with Crippen molar-refractivity contribution in [3.8, 4) is 0 Å². The maximum absolute atomic E-state index is 12.4. The zero-order chi connectivity index (χ0) is 36.8. The molecule has 0 aromatic heterocycles. The summed E-state index contributed by atoms with van der Waals surface area (Å²) in [4.78, 5) is 87.4. The van der Waals surface area contributed by atoms with E-state index >= 15 is 0 Å². The van der Waals surface area contributed by atoms with Crippen molar-refractivity contribution < 1.29 is 85.7 Å². The number of hydrogen-bond donors (Lipinski definition) is 0. The van der Waals surface area contributed by atoms with E-state index in [2.05, 4.69) is 10.0 Å². The first-order valence-electron chi connectivity index (χ1n) is 14.8. The Bertz CT molecular complexity index is 1270. The summed E-state index contributed by atoms with van der Waals surface area (Å²) in [6.07, 6.45) is -15.8. The maximum atomic E-state index is 12.4. The van der Waals surface area contributed by atoms with E-state index in [1.165, 1.54) is 0 Å². The van der Waals surface area contributed by atoms with Crippen molar-refractivity contribution >= 4 is 41.8 Å². The number of esters is 7. The van der Waals surface area contributed by atoms with Gasteiger partial charge in [-0.15, -0.1) is 0 Å². The van der Waals surface area contributed by atoms with Gasteiger partial charge in [0.15, 0.2) is 43.1 Å². The lowest BCUT2D eigenvalue weighted by molar-refractivity contribution is -0.360. The molecule has 0 spiro atoms. The quantitative estimate of drug-likeness (QED) is 0.0538. The fourth-order valence-electron chi connectivity index (χ4n) is 4.86. The Morgan fingerprint density at radius 2 is 0.939 bits per heavy atom. The Hall–Kier alpha value is -4.56. The van der Waals surface area contributed by atoms with Crippen molar-refractivity contribution in [2.75, 3.05) is 26.4 Å². The summed E-state index contributed by atoms with van der Waals surface area (Å²) in [6, 6.07) is 0. The molecule has 49 heavy (non-hydrogen) atoms. The molecule has 2 heterocycles.